The van der Waals surface area contributed by atoms with Gasteiger partial charge in [0, 0.05) is 31.0 Å². The summed E-state index contributed by atoms with van der Waals surface area (Å²) in [6.07, 6.45) is 1.42. The predicted molar refractivity (Wildman–Crippen MR) is 141 cm³/mol. The molecule has 0 spiro atoms. The van der Waals surface area contributed by atoms with Crippen molar-refractivity contribution in [2.75, 3.05) is 49.4 Å². The maximum atomic E-state index is 12.6. The zero-order valence-electron chi connectivity index (χ0n) is 20.6. The highest BCUT2D eigenvalue weighted by atomic mass is 32.2. The Balaban J connectivity index is 1.34. The molecular weight excluding hydrogens is 478 g/mol. The fraction of sp³-hybridized carbons (Fsp3) is 0.346. The third-order valence-electron chi connectivity index (χ3n) is 5.65. The minimum absolute atomic E-state index is 0.114. The highest BCUT2D eigenvalue weighted by Gasteiger charge is 2.20. The molecular formula is C26H31N5O4S. The van der Waals surface area contributed by atoms with Crippen molar-refractivity contribution in [3.05, 3.63) is 67.0 Å². The second-order valence-electron chi connectivity index (χ2n) is 8.16. The first-order valence-electron chi connectivity index (χ1n) is 11.8. The van der Waals surface area contributed by atoms with Crippen molar-refractivity contribution < 1.29 is 19.0 Å². The van der Waals surface area contributed by atoms with E-state index in [0.29, 0.717) is 23.3 Å². The van der Waals surface area contributed by atoms with Crippen LogP contribution in [0.5, 0.6) is 11.5 Å². The smallest absolute Gasteiger partial charge is 0.234 e. The number of carbonyl (C=O) groups excluding carboxylic acids is 1. The molecule has 4 rings (SSSR count). The van der Waals surface area contributed by atoms with Gasteiger partial charge in [-0.2, -0.15) is 0 Å². The number of methoxy groups -OCH3 is 1. The van der Waals surface area contributed by atoms with Gasteiger partial charge in [-0.15, -0.1) is 16.8 Å². The van der Waals surface area contributed by atoms with E-state index in [-0.39, 0.29) is 17.8 Å². The van der Waals surface area contributed by atoms with E-state index >= 15 is 0 Å². The number of hydrogen-bond acceptors (Lipinski definition) is 8. The molecule has 0 bridgehead atoms. The second kappa shape index (κ2) is 12.5. The second-order valence-corrected chi connectivity index (χ2v) is 9.10. The van der Waals surface area contributed by atoms with Crippen LogP contribution < -0.4 is 19.7 Å². The molecule has 1 aliphatic heterocycles. The van der Waals surface area contributed by atoms with Crippen molar-refractivity contribution in [1.29, 1.82) is 0 Å². The van der Waals surface area contributed by atoms with E-state index in [4.69, 9.17) is 14.2 Å². The van der Waals surface area contributed by atoms with Crippen LogP contribution in [0.1, 0.15) is 18.9 Å². The van der Waals surface area contributed by atoms with Crippen molar-refractivity contribution in [3.63, 3.8) is 0 Å². The number of allylic oxidation sites excluding steroid dienone is 1. The molecule has 1 unspecified atom stereocenters. The molecule has 1 amide bonds. The zero-order valence-corrected chi connectivity index (χ0v) is 21.4. The summed E-state index contributed by atoms with van der Waals surface area (Å²) >= 11 is 1.33. The number of thioether (sulfide) groups is 1. The lowest BCUT2D eigenvalue weighted by Crippen LogP contribution is -2.36. The summed E-state index contributed by atoms with van der Waals surface area (Å²) in [5.41, 5.74) is 1.88. The summed E-state index contributed by atoms with van der Waals surface area (Å²) in [5.74, 6) is 2.21. The molecule has 0 radical (unpaired) electrons. The third-order valence-corrected chi connectivity index (χ3v) is 6.62. The number of carbonyl (C=O) groups is 1. The van der Waals surface area contributed by atoms with E-state index < -0.39 is 0 Å². The van der Waals surface area contributed by atoms with Gasteiger partial charge in [-0.3, -0.25) is 9.36 Å². The summed E-state index contributed by atoms with van der Waals surface area (Å²) < 4.78 is 18.6. The fourth-order valence-electron chi connectivity index (χ4n) is 3.82. The first-order chi connectivity index (χ1) is 17.6. The van der Waals surface area contributed by atoms with E-state index in [1.807, 2.05) is 60.0 Å². The van der Waals surface area contributed by atoms with Crippen molar-refractivity contribution in [1.82, 2.24) is 14.8 Å². The van der Waals surface area contributed by atoms with Gasteiger partial charge in [0.1, 0.15) is 11.5 Å². The van der Waals surface area contributed by atoms with Crippen LogP contribution in [0.4, 0.5) is 11.4 Å². The monoisotopic (exact) mass is 509 g/mol. The molecule has 9 nitrogen and oxygen atoms in total. The number of morpholine rings is 1. The number of benzene rings is 2. The molecule has 10 heteroatoms. The van der Waals surface area contributed by atoms with Gasteiger partial charge in [0.15, 0.2) is 17.1 Å². The van der Waals surface area contributed by atoms with Gasteiger partial charge < -0.3 is 24.4 Å². The molecule has 1 saturated heterocycles. The summed E-state index contributed by atoms with van der Waals surface area (Å²) in [6.45, 7) is 9.48. The lowest BCUT2D eigenvalue weighted by atomic mass is 10.2. The number of hydrogen-bond donors (Lipinski definition) is 1. The number of nitrogens with one attached hydrogen (secondary N) is 1. The maximum Gasteiger partial charge on any atom is 0.234 e. The van der Waals surface area contributed by atoms with Crippen LogP contribution in [0.2, 0.25) is 0 Å². The molecule has 2 aromatic carbocycles. The summed E-state index contributed by atoms with van der Waals surface area (Å²) in [7, 11) is 1.62. The van der Waals surface area contributed by atoms with Crippen molar-refractivity contribution in [2.45, 2.75) is 24.7 Å². The van der Waals surface area contributed by atoms with E-state index in [2.05, 4.69) is 27.0 Å². The first kappa shape index (κ1) is 25.6. The lowest BCUT2D eigenvalue weighted by molar-refractivity contribution is -0.113. The minimum Gasteiger partial charge on any atom is -0.497 e. The molecule has 1 aliphatic rings. The standard InChI is InChI=1S/C26H31N5O4S/c1-4-13-31-25(19(2)35-23-11-9-22(33-3)10-12-23)28-29-26(31)36-18-24(32)27-20-5-7-21(8-6-20)30-14-16-34-17-15-30/h4-12,19H,1,13-18H2,2-3H3,(H,27,32). The van der Waals surface area contributed by atoms with Crippen LogP contribution in [0.25, 0.3) is 0 Å². The van der Waals surface area contributed by atoms with Gasteiger partial charge in [-0.25, -0.2) is 0 Å². The SMILES string of the molecule is C=CCn1c(SCC(=O)Nc2ccc(N3CCOCC3)cc2)nnc1C(C)Oc1ccc(OC)cc1. The first-order valence-corrected chi connectivity index (χ1v) is 12.8. The van der Waals surface area contributed by atoms with Crippen LogP contribution in [0.15, 0.2) is 66.3 Å². The van der Waals surface area contributed by atoms with Crippen LogP contribution in [-0.2, 0) is 16.1 Å². The van der Waals surface area contributed by atoms with Crippen LogP contribution >= 0.6 is 11.8 Å². The van der Waals surface area contributed by atoms with Crippen LogP contribution in [0, 0.1) is 0 Å². The molecule has 36 heavy (non-hydrogen) atoms. The van der Waals surface area contributed by atoms with Gasteiger partial charge in [-0.05, 0) is 55.5 Å². The number of amides is 1. The van der Waals surface area contributed by atoms with Crippen molar-refractivity contribution >= 4 is 29.0 Å². The average Bonchev–Trinajstić information content (AvgIpc) is 3.32. The number of nitrogens with zero attached hydrogens (tertiary/aromatic N) is 4. The minimum atomic E-state index is -0.348. The van der Waals surface area contributed by atoms with Gasteiger partial charge in [0.25, 0.3) is 0 Å². The van der Waals surface area contributed by atoms with E-state index in [9.17, 15) is 4.79 Å². The summed E-state index contributed by atoms with van der Waals surface area (Å²) in [6, 6.07) is 15.2. The fourth-order valence-corrected chi connectivity index (χ4v) is 4.58. The highest BCUT2D eigenvalue weighted by Crippen LogP contribution is 2.26. The summed E-state index contributed by atoms with van der Waals surface area (Å²) in [5, 5.41) is 12.2. The molecule has 3 aromatic rings. The van der Waals surface area contributed by atoms with Crippen LogP contribution in [0.3, 0.4) is 0 Å². The Morgan fingerprint density at radius 1 is 1.14 bits per heavy atom. The van der Waals surface area contributed by atoms with E-state index in [0.717, 1.165) is 43.4 Å². The Labute approximate surface area is 215 Å². The topological polar surface area (TPSA) is 90.7 Å². The van der Waals surface area contributed by atoms with Gasteiger partial charge in [0.05, 0.1) is 26.1 Å². The molecule has 190 valence electrons. The number of aromatic nitrogens is 3. The Hall–Kier alpha value is -3.50. The Kier molecular flexibility index (Phi) is 8.85. The maximum absolute atomic E-state index is 12.6. The molecule has 2 heterocycles. The van der Waals surface area contributed by atoms with Gasteiger partial charge in [-0.1, -0.05) is 17.8 Å². The van der Waals surface area contributed by atoms with Crippen molar-refractivity contribution in [2.24, 2.45) is 0 Å². The lowest BCUT2D eigenvalue weighted by Gasteiger charge is -2.28. The molecule has 1 fully saturated rings. The molecule has 0 aliphatic carbocycles. The molecule has 1 atom stereocenters. The zero-order chi connectivity index (χ0) is 25.3. The average molecular weight is 510 g/mol. The number of rotatable bonds is 11. The molecule has 1 N–H and O–H groups in total. The van der Waals surface area contributed by atoms with Crippen molar-refractivity contribution in [3.8, 4) is 11.5 Å². The van der Waals surface area contributed by atoms with Crippen LogP contribution in [-0.4, -0.2) is 59.8 Å². The Morgan fingerprint density at radius 2 is 1.83 bits per heavy atom. The molecule has 1 aromatic heterocycles. The normalized spacial score (nSPS) is 14.2. The molecule has 0 saturated carbocycles. The van der Waals surface area contributed by atoms with Gasteiger partial charge >= 0.3 is 0 Å². The Morgan fingerprint density at radius 3 is 2.50 bits per heavy atom. The highest BCUT2D eigenvalue weighted by molar-refractivity contribution is 7.99. The number of ether oxygens (including phenoxy) is 3. The van der Waals surface area contributed by atoms with Gasteiger partial charge in [0.2, 0.25) is 5.91 Å². The Bertz CT molecular complexity index is 1140. The largest absolute Gasteiger partial charge is 0.497 e. The van der Waals surface area contributed by atoms with E-state index in [1.165, 1.54) is 11.8 Å². The summed E-state index contributed by atoms with van der Waals surface area (Å²) in [4.78, 5) is 14.9. The predicted octanol–water partition coefficient (Wildman–Crippen LogP) is 4.18. The number of anilines is 2. The van der Waals surface area contributed by atoms with E-state index in [1.54, 1.807) is 13.2 Å². The quantitative estimate of drug-likeness (QED) is 0.304. The third kappa shape index (κ3) is 6.58.